The summed E-state index contributed by atoms with van der Waals surface area (Å²) in [4.78, 5) is 23.8. The smallest absolute Gasteiger partial charge is 0.260 e. The van der Waals surface area contributed by atoms with Crippen molar-refractivity contribution in [1.82, 2.24) is 15.0 Å². The molecule has 0 fully saturated rings. The third-order valence-corrected chi connectivity index (χ3v) is 3.77. The Morgan fingerprint density at radius 3 is 2.48 bits per heavy atom. The van der Waals surface area contributed by atoms with Crippen LogP contribution < -0.4 is 5.56 Å². The van der Waals surface area contributed by atoms with E-state index in [1.54, 1.807) is 6.20 Å². The summed E-state index contributed by atoms with van der Waals surface area (Å²) in [5, 5.41) is 11.1. The fourth-order valence-electron chi connectivity index (χ4n) is 2.45. The Balaban J connectivity index is 2.25. The molecule has 2 N–H and O–H groups in total. The zero-order chi connectivity index (χ0) is 16.6. The summed E-state index contributed by atoms with van der Waals surface area (Å²) in [6.45, 7) is 5.93. The average Bonchev–Trinajstić information content (AvgIpc) is 2.53. The SMILES string of the molecule is CC(C)(C)c1nc2c(C(O)c3ccccc3)cncc2c(=O)[nH]1. The Labute approximate surface area is 134 Å². The monoisotopic (exact) mass is 309 g/mol. The van der Waals surface area contributed by atoms with Crippen LogP contribution in [0, 0.1) is 0 Å². The van der Waals surface area contributed by atoms with Crippen LogP contribution in [0.3, 0.4) is 0 Å². The highest BCUT2D eigenvalue weighted by Crippen LogP contribution is 2.27. The fraction of sp³-hybridized carbons (Fsp3) is 0.278. The number of aromatic nitrogens is 3. The maximum atomic E-state index is 12.3. The zero-order valence-corrected chi connectivity index (χ0v) is 13.4. The minimum Gasteiger partial charge on any atom is -0.384 e. The van der Waals surface area contributed by atoms with Gasteiger partial charge in [0.1, 0.15) is 11.9 Å². The van der Waals surface area contributed by atoms with Crippen LogP contribution in [0.1, 0.15) is 43.8 Å². The molecular weight excluding hydrogens is 290 g/mol. The normalized spacial score (nSPS) is 13.2. The molecule has 3 aromatic rings. The van der Waals surface area contributed by atoms with E-state index in [2.05, 4.69) is 15.0 Å². The van der Waals surface area contributed by atoms with E-state index in [9.17, 15) is 9.90 Å². The van der Waals surface area contributed by atoms with E-state index >= 15 is 0 Å². The molecule has 118 valence electrons. The van der Waals surface area contributed by atoms with Crippen LogP contribution in [0.2, 0.25) is 0 Å². The Bertz CT molecular complexity index is 896. The number of H-pyrrole nitrogens is 1. The fourth-order valence-corrected chi connectivity index (χ4v) is 2.45. The van der Waals surface area contributed by atoms with E-state index in [1.165, 1.54) is 6.20 Å². The number of nitrogens with one attached hydrogen (secondary N) is 1. The van der Waals surface area contributed by atoms with E-state index < -0.39 is 6.10 Å². The highest BCUT2D eigenvalue weighted by Gasteiger charge is 2.21. The average molecular weight is 309 g/mol. The summed E-state index contributed by atoms with van der Waals surface area (Å²) >= 11 is 0. The van der Waals surface area contributed by atoms with Gasteiger partial charge < -0.3 is 10.1 Å². The van der Waals surface area contributed by atoms with Crippen molar-refractivity contribution < 1.29 is 5.11 Å². The van der Waals surface area contributed by atoms with Crippen LogP contribution in [0.25, 0.3) is 10.9 Å². The molecule has 2 aromatic heterocycles. The highest BCUT2D eigenvalue weighted by atomic mass is 16.3. The largest absolute Gasteiger partial charge is 0.384 e. The molecule has 5 heteroatoms. The first kappa shape index (κ1) is 15.4. The summed E-state index contributed by atoms with van der Waals surface area (Å²) in [5.41, 5.74) is 1.22. The van der Waals surface area contributed by atoms with Crippen LogP contribution >= 0.6 is 0 Å². The third kappa shape index (κ3) is 2.87. The van der Waals surface area contributed by atoms with Crippen molar-refractivity contribution in [2.24, 2.45) is 0 Å². The summed E-state index contributed by atoms with van der Waals surface area (Å²) in [6, 6.07) is 9.27. The summed E-state index contributed by atoms with van der Waals surface area (Å²) in [5.74, 6) is 0.586. The Kier molecular flexibility index (Phi) is 3.74. The van der Waals surface area contributed by atoms with Gasteiger partial charge >= 0.3 is 0 Å². The van der Waals surface area contributed by atoms with Crippen molar-refractivity contribution in [2.75, 3.05) is 0 Å². The number of nitrogens with zero attached hydrogens (tertiary/aromatic N) is 2. The molecule has 0 bridgehead atoms. The van der Waals surface area contributed by atoms with Crippen LogP contribution in [0.4, 0.5) is 0 Å². The lowest BCUT2D eigenvalue weighted by Crippen LogP contribution is -2.23. The second-order valence-corrected chi connectivity index (χ2v) is 6.60. The number of aliphatic hydroxyl groups is 1. The first-order valence-electron chi connectivity index (χ1n) is 7.49. The van der Waals surface area contributed by atoms with Gasteiger partial charge in [0.15, 0.2) is 0 Å². The van der Waals surface area contributed by atoms with Crippen LogP contribution in [-0.2, 0) is 5.41 Å². The van der Waals surface area contributed by atoms with E-state index in [-0.39, 0.29) is 11.0 Å². The first-order chi connectivity index (χ1) is 10.9. The molecule has 23 heavy (non-hydrogen) atoms. The quantitative estimate of drug-likeness (QED) is 0.763. The van der Waals surface area contributed by atoms with Crippen molar-refractivity contribution in [3.05, 3.63) is 70.0 Å². The molecule has 1 unspecified atom stereocenters. The van der Waals surface area contributed by atoms with Crippen LogP contribution in [-0.4, -0.2) is 20.1 Å². The van der Waals surface area contributed by atoms with Crippen molar-refractivity contribution in [3.8, 4) is 0 Å². The molecule has 0 aliphatic heterocycles. The molecular formula is C18H19N3O2. The molecule has 0 amide bonds. The maximum absolute atomic E-state index is 12.3. The summed E-state index contributed by atoms with van der Waals surface area (Å²) in [7, 11) is 0. The number of aromatic amines is 1. The number of aliphatic hydroxyl groups excluding tert-OH is 1. The number of benzene rings is 1. The molecule has 0 saturated heterocycles. The lowest BCUT2D eigenvalue weighted by Gasteiger charge is -2.19. The van der Waals surface area contributed by atoms with Gasteiger partial charge in [0.25, 0.3) is 5.56 Å². The first-order valence-corrected chi connectivity index (χ1v) is 7.49. The van der Waals surface area contributed by atoms with E-state index in [4.69, 9.17) is 0 Å². The lowest BCUT2D eigenvalue weighted by atomic mass is 9.95. The molecule has 2 heterocycles. The van der Waals surface area contributed by atoms with E-state index in [0.717, 1.165) is 5.56 Å². The van der Waals surface area contributed by atoms with Crippen LogP contribution in [0.15, 0.2) is 47.5 Å². The van der Waals surface area contributed by atoms with Crippen molar-refractivity contribution >= 4 is 10.9 Å². The molecule has 0 radical (unpaired) electrons. The minimum atomic E-state index is -0.880. The number of hydrogen-bond donors (Lipinski definition) is 2. The molecule has 0 aliphatic rings. The minimum absolute atomic E-state index is 0.241. The highest BCUT2D eigenvalue weighted by molar-refractivity contribution is 5.80. The Hall–Kier alpha value is -2.53. The van der Waals surface area contributed by atoms with Gasteiger partial charge in [-0.05, 0) is 5.56 Å². The van der Waals surface area contributed by atoms with Crippen LogP contribution in [0.5, 0.6) is 0 Å². The number of hydrogen-bond acceptors (Lipinski definition) is 4. The van der Waals surface area contributed by atoms with Gasteiger partial charge in [-0.25, -0.2) is 4.98 Å². The molecule has 1 atom stereocenters. The predicted molar refractivity (Wildman–Crippen MR) is 89.4 cm³/mol. The molecule has 0 aliphatic carbocycles. The molecule has 5 nitrogen and oxygen atoms in total. The number of rotatable bonds is 2. The standard InChI is InChI=1S/C18H19N3O2/c1-18(2,3)17-20-14-12(9-19-10-13(14)16(23)21-17)15(22)11-7-5-4-6-8-11/h4-10,15,22H,1-3H3,(H,20,21,23). The van der Waals surface area contributed by atoms with Gasteiger partial charge in [0.2, 0.25) is 0 Å². The van der Waals surface area contributed by atoms with Gasteiger partial charge in [-0.3, -0.25) is 9.78 Å². The second kappa shape index (κ2) is 5.59. The van der Waals surface area contributed by atoms with E-state index in [0.29, 0.717) is 22.3 Å². The lowest BCUT2D eigenvalue weighted by molar-refractivity contribution is 0.221. The van der Waals surface area contributed by atoms with Gasteiger partial charge in [0.05, 0.1) is 10.9 Å². The number of fused-ring (bicyclic) bond motifs is 1. The van der Waals surface area contributed by atoms with Crippen molar-refractivity contribution in [1.29, 1.82) is 0 Å². The van der Waals surface area contributed by atoms with Gasteiger partial charge in [-0.15, -0.1) is 0 Å². The van der Waals surface area contributed by atoms with Gasteiger partial charge in [-0.2, -0.15) is 0 Å². The third-order valence-electron chi connectivity index (χ3n) is 3.77. The number of pyridine rings is 1. The Morgan fingerprint density at radius 1 is 1.13 bits per heavy atom. The maximum Gasteiger partial charge on any atom is 0.260 e. The molecule has 1 aromatic carbocycles. The Morgan fingerprint density at radius 2 is 1.83 bits per heavy atom. The van der Waals surface area contributed by atoms with Gasteiger partial charge in [0, 0.05) is 23.4 Å². The predicted octanol–water partition coefficient (Wildman–Crippen LogP) is 2.70. The van der Waals surface area contributed by atoms with Crippen molar-refractivity contribution in [3.63, 3.8) is 0 Å². The molecule has 0 spiro atoms. The molecule has 3 rings (SSSR count). The summed E-state index contributed by atoms with van der Waals surface area (Å²) < 4.78 is 0. The van der Waals surface area contributed by atoms with Crippen molar-refractivity contribution in [2.45, 2.75) is 32.3 Å². The zero-order valence-electron chi connectivity index (χ0n) is 13.4. The second-order valence-electron chi connectivity index (χ2n) is 6.60. The van der Waals surface area contributed by atoms with Gasteiger partial charge in [-0.1, -0.05) is 51.1 Å². The summed E-state index contributed by atoms with van der Waals surface area (Å²) in [6.07, 6.45) is 2.17. The topological polar surface area (TPSA) is 78.9 Å². The molecule has 0 saturated carbocycles. The van der Waals surface area contributed by atoms with E-state index in [1.807, 2.05) is 51.1 Å².